The number of ketones is 1. The van der Waals surface area contributed by atoms with Gasteiger partial charge in [-0.1, -0.05) is 42.5 Å². The lowest BCUT2D eigenvalue weighted by Crippen LogP contribution is -2.42. The number of aliphatic hydroxyl groups is 1. The van der Waals surface area contributed by atoms with Crippen LogP contribution in [-0.2, 0) is 32.5 Å². The smallest absolute Gasteiger partial charge is 0.415 e. The molecule has 1 amide bonds. The zero-order chi connectivity index (χ0) is 33.0. The Balaban J connectivity index is 1.41. The maximum Gasteiger partial charge on any atom is 0.415 e. The van der Waals surface area contributed by atoms with E-state index < -0.39 is 74.7 Å². The van der Waals surface area contributed by atoms with Crippen LogP contribution in [0.5, 0.6) is 0 Å². The molecular formula is C32H28F4N2O6S2. The summed E-state index contributed by atoms with van der Waals surface area (Å²) in [4.78, 5) is 26.5. The second kappa shape index (κ2) is 14.1. The molecule has 3 aromatic carbocycles. The molecule has 0 spiro atoms. The first-order valence-corrected chi connectivity index (χ1v) is 16.4. The van der Waals surface area contributed by atoms with Gasteiger partial charge < -0.3 is 9.84 Å². The van der Waals surface area contributed by atoms with Gasteiger partial charge in [-0.2, -0.15) is 4.31 Å². The largest absolute Gasteiger partial charge is 0.436 e. The molecule has 1 N–H and O–H groups in total. The Morgan fingerprint density at radius 1 is 0.978 bits per heavy atom. The Hall–Kier alpha value is -4.11. The number of benzene rings is 3. The van der Waals surface area contributed by atoms with Crippen LogP contribution in [0.15, 0.2) is 89.1 Å². The maximum absolute atomic E-state index is 14.7. The number of anilines is 1. The lowest BCUT2D eigenvalue weighted by molar-refractivity contribution is -0.127. The molecule has 5 rings (SSSR count). The molecule has 46 heavy (non-hydrogen) atoms. The number of ether oxygens (including phenoxy) is 1. The lowest BCUT2D eigenvalue weighted by Gasteiger charge is -2.29. The summed E-state index contributed by atoms with van der Waals surface area (Å²) in [5.41, 5.74) is 0.906. The zero-order valence-corrected chi connectivity index (χ0v) is 25.7. The molecular weight excluding hydrogens is 648 g/mol. The van der Waals surface area contributed by atoms with Crippen LogP contribution in [0.3, 0.4) is 0 Å². The van der Waals surface area contributed by atoms with E-state index >= 15 is 0 Å². The van der Waals surface area contributed by atoms with Crippen LogP contribution in [0.2, 0.25) is 0 Å². The molecule has 0 radical (unpaired) electrons. The lowest BCUT2D eigenvalue weighted by atomic mass is 9.88. The summed E-state index contributed by atoms with van der Waals surface area (Å²) >= 11 is 1.19. The number of sulfonamides is 1. The highest BCUT2D eigenvalue weighted by Gasteiger charge is 2.39. The molecule has 14 heteroatoms. The number of amides is 1. The number of halogens is 4. The normalized spacial score (nSPS) is 16.4. The summed E-state index contributed by atoms with van der Waals surface area (Å²) in [6.07, 6.45) is -3.87. The van der Waals surface area contributed by atoms with Crippen LogP contribution < -0.4 is 4.90 Å². The monoisotopic (exact) mass is 676 g/mol. The molecule has 1 saturated heterocycles. The van der Waals surface area contributed by atoms with E-state index in [1.54, 1.807) is 47.8 Å². The van der Waals surface area contributed by atoms with Gasteiger partial charge in [0.05, 0.1) is 18.3 Å². The van der Waals surface area contributed by atoms with Crippen molar-refractivity contribution in [2.45, 2.75) is 36.5 Å². The second-order valence-corrected chi connectivity index (χ2v) is 13.7. The molecule has 242 valence electrons. The standard InChI is InChI=1S/C32H28F4N2O6S2/c33-22-8-4-9-23(14-22)38-19-30(44-32(38)41)28(39)13-21(12-20-6-2-1-3-7-20)29(40)18-37(17-24-10-5-11-45-24)46(42,43)31-16-26(35)25(34)15-27(31)36/h1-11,14-16,21,29-30,40H,12-13,17-19H2/t21-,29-,30+/m1/s1. The van der Waals surface area contributed by atoms with Crippen LogP contribution in [0, 0.1) is 29.2 Å². The first-order chi connectivity index (χ1) is 21.9. The number of hydrogen-bond acceptors (Lipinski definition) is 7. The minimum atomic E-state index is -4.83. The van der Waals surface area contributed by atoms with E-state index in [0.717, 1.165) is 15.3 Å². The summed E-state index contributed by atoms with van der Waals surface area (Å²) in [5, 5.41) is 13.2. The number of rotatable bonds is 13. The van der Waals surface area contributed by atoms with Crippen molar-refractivity contribution in [2.24, 2.45) is 5.92 Å². The van der Waals surface area contributed by atoms with Crippen LogP contribution in [0.1, 0.15) is 16.9 Å². The van der Waals surface area contributed by atoms with Crippen molar-refractivity contribution < 1.29 is 45.4 Å². The third kappa shape index (κ3) is 7.64. The van der Waals surface area contributed by atoms with Crippen LogP contribution >= 0.6 is 11.3 Å². The van der Waals surface area contributed by atoms with Gasteiger partial charge in [0, 0.05) is 30.5 Å². The molecule has 1 aromatic heterocycles. The number of cyclic esters (lactones) is 1. The molecule has 3 atom stereocenters. The van der Waals surface area contributed by atoms with Gasteiger partial charge in [-0.15, -0.1) is 11.3 Å². The van der Waals surface area contributed by atoms with Gasteiger partial charge in [0.25, 0.3) is 0 Å². The van der Waals surface area contributed by atoms with E-state index in [4.69, 9.17) is 4.74 Å². The van der Waals surface area contributed by atoms with Gasteiger partial charge >= 0.3 is 6.09 Å². The first kappa shape index (κ1) is 33.3. The van der Waals surface area contributed by atoms with Crippen LogP contribution in [0.4, 0.5) is 28.0 Å². The van der Waals surface area contributed by atoms with Crippen LogP contribution in [0.25, 0.3) is 0 Å². The van der Waals surface area contributed by atoms with Gasteiger partial charge in [-0.25, -0.2) is 30.8 Å². The Kier molecular flexibility index (Phi) is 10.2. The minimum absolute atomic E-state index is 0.106. The van der Waals surface area contributed by atoms with Crippen molar-refractivity contribution in [2.75, 3.05) is 18.0 Å². The predicted octanol–water partition coefficient (Wildman–Crippen LogP) is 5.70. The molecule has 2 heterocycles. The highest BCUT2D eigenvalue weighted by atomic mass is 32.2. The van der Waals surface area contributed by atoms with Gasteiger partial charge in [0.1, 0.15) is 16.5 Å². The topological polar surface area (TPSA) is 104 Å². The fourth-order valence-corrected chi connectivity index (χ4v) is 7.45. The number of carbonyl (C=O) groups is 2. The van der Waals surface area contributed by atoms with E-state index in [1.165, 1.54) is 29.5 Å². The maximum atomic E-state index is 14.7. The van der Waals surface area contributed by atoms with Crippen molar-refractivity contribution in [3.8, 4) is 0 Å². The fraction of sp³-hybridized carbons (Fsp3) is 0.250. The second-order valence-electron chi connectivity index (χ2n) is 10.7. The van der Waals surface area contributed by atoms with E-state index in [9.17, 15) is 40.7 Å². The number of thiophene rings is 1. The number of aliphatic hydroxyl groups excluding tert-OH is 1. The van der Waals surface area contributed by atoms with Gasteiger partial charge in [0.15, 0.2) is 23.5 Å². The first-order valence-electron chi connectivity index (χ1n) is 14.1. The van der Waals surface area contributed by atoms with Crippen molar-refractivity contribution in [3.63, 3.8) is 0 Å². The summed E-state index contributed by atoms with van der Waals surface area (Å²) in [6.45, 7) is -1.17. The highest BCUT2D eigenvalue weighted by Crippen LogP contribution is 2.29. The van der Waals surface area contributed by atoms with E-state index in [1.807, 2.05) is 0 Å². The zero-order valence-electron chi connectivity index (χ0n) is 24.1. The fourth-order valence-electron chi connectivity index (χ4n) is 5.16. The SMILES string of the molecule is O=C(C[C@@H](Cc1ccccc1)[C@H](O)CN(Cc1cccs1)S(=O)(=O)c1cc(F)c(F)cc1F)[C@@H]1CN(c2cccc(F)c2)C(=O)O1. The van der Waals surface area contributed by atoms with Crippen molar-refractivity contribution in [1.82, 2.24) is 4.31 Å². The van der Waals surface area contributed by atoms with Gasteiger partial charge in [-0.3, -0.25) is 9.69 Å². The molecule has 1 aliphatic rings. The minimum Gasteiger partial charge on any atom is -0.436 e. The molecule has 0 bridgehead atoms. The van der Waals surface area contributed by atoms with Gasteiger partial charge in [0.2, 0.25) is 10.0 Å². The molecule has 0 aliphatic carbocycles. The van der Waals surface area contributed by atoms with E-state index in [0.29, 0.717) is 10.4 Å². The molecule has 1 aliphatic heterocycles. The quantitative estimate of drug-likeness (QED) is 0.144. The molecule has 0 unspecified atom stereocenters. The molecule has 8 nitrogen and oxygen atoms in total. The Bertz CT molecular complexity index is 1810. The average molecular weight is 677 g/mol. The number of Topliss-reactive ketones (excluding diaryl/α,β-unsaturated/α-hetero) is 1. The summed E-state index contributed by atoms with van der Waals surface area (Å²) < 4.78 is 89.5. The Morgan fingerprint density at radius 3 is 2.41 bits per heavy atom. The van der Waals surface area contributed by atoms with Crippen molar-refractivity contribution in [3.05, 3.63) is 118 Å². The highest BCUT2D eigenvalue weighted by molar-refractivity contribution is 7.89. The molecule has 0 saturated carbocycles. The van der Waals surface area contributed by atoms with E-state index in [-0.39, 0.29) is 43.8 Å². The summed E-state index contributed by atoms with van der Waals surface area (Å²) in [6, 6.07) is 17.6. The van der Waals surface area contributed by atoms with Crippen molar-refractivity contribution >= 4 is 38.9 Å². The average Bonchev–Trinajstić information content (AvgIpc) is 3.68. The summed E-state index contributed by atoms with van der Waals surface area (Å²) in [7, 11) is -4.83. The number of hydrogen-bond donors (Lipinski definition) is 1. The van der Waals surface area contributed by atoms with Crippen LogP contribution in [-0.4, -0.2) is 55.0 Å². The summed E-state index contributed by atoms with van der Waals surface area (Å²) in [5.74, 6) is -6.71. The van der Waals surface area contributed by atoms with Gasteiger partial charge in [-0.05, 0) is 53.6 Å². The number of carbonyl (C=O) groups excluding carboxylic acids is 2. The Labute approximate surface area is 266 Å². The third-order valence-electron chi connectivity index (χ3n) is 7.53. The molecule has 4 aromatic rings. The van der Waals surface area contributed by atoms with Crippen molar-refractivity contribution in [1.29, 1.82) is 0 Å². The molecule has 1 fully saturated rings. The number of nitrogens with zero attached hydrogens (tertiary/aromatic N) is 2. The van der Waals surface area contributed by atoms with E-state index in [2.05, 4.69) is 0 Å². The Morgan fingerprint density at radius 2 is 1.72 bits per heavy atom. The third-order valence-corrected chi connectivity index (χ3v) is 10.2. The predicted molar refractivity (Wildman–Crippen MR) is 162 cm³/mol.